The number of imide groups is 1. The van der Waals surface area contributed by atoms with Crippen LogP contribution >= 0.6 is 0 Å². The Balaban J connectivity index is 2.11. The Kier molecular flexibility index (Phi) is 3.23. The van der Waals surface area contributed by atoms with Gasteiger partial charge in [0, 0.05) is 18.6 Å². The quantitative estimate of drug-likeness (QED) is 0.578. The van der Waals surface area contributed by atoms with Gasteiger partial charge in [0.15, 0.2) is 0 Å². The van der Waals surface area contributed by atoms with Crippen LogP contribution in [0.2, 0.25) is 0 Å². The van der Waals surface area contributed by atoms with Gasteiger partial charge in [0.2, 0.25) is 0 Å². The second kappa shape index (κ2) is 4.83. The predicted molar refractivity (Wildman–Crippen MR) is 62.3 cm³/mol. The number of hydrogen-bond acceptors (Lipinski definition) is 4. The Bertz CT molecular complexity index is 533. The molecular weight excluding hydrogens is 234 g/mol. The summed E-state index contributed by atoms with van der Waals surface area (Å²) in [6, 6.07) is 8.46. The van der Waals surface area contributed by atoms with Gasteiger partial charge >= 0.3 is 5.97 Å². The summed E-state index contributed by atoms with van der Waals surface area (Å²) < 4.78 is 4.81. The van der Waals surface area contributed by atoms with E-state index in [-0.39, 0.29) is 12.3 Å². The van der Waals surface area contributed by atoms with Crippen LogP contribution in [0.1, 0.15) is 17.3 Å². The topological polar surface area (TPSA) is 63.7 Å². The Morgan fingerprint density at radius 2 is 1.89 bits per heavy atom. The number of carbonyl (C=O) groups is 3. The second-order valence-corrected chi connectivity index (χ2v) is 3.80. The summed E-state index contributed by atoms with van der Waals surface area (Å²) in [6.45, 7) is 1.24. The van der Waals surface area contributed by atoms with Gasteiger partial charge in [-0.25, -0.2) is 0 Å². The first-order valence-corrected chi connectivity index (χ1v) is 5.38. The van der Waals surface area contributed by atoms with Gasteiger partial charge in [-0.15, -0.1) is 0 Å². The highest BCUT2D eigenvalue weighted by molar-refractivity contribution is 6.09. The summed E-state index contributed by atoms with van der Waals surface area (Å²) in [4.78, 5) is 35.4. The lowest BCUT2D eigenvalue weighted by Gasteiger charge is -2.14. The molecule has 0 fully saturated rings. The van der Waals surface area contributed by atoms with Gasteiger partial charge in [-0.3, -0.25) is 19.3 Å². The van der Waals surface area contributed by atoms with Gasteiger partial charge in [-0.05, 0) is 12.1 Å². The minimum atomic E-state index is -0.511. The molecule has 0 saturated heterocycles. The van der Waals surface area contributed by atoms with Crippen molar-refractivity contribution in [2.45, 2.75) is 6.92 Å². The van der Waals surface area contributed by atoms with Crippen LogP contribution in [-0.4, -0.2) is 29.2 Å². The zero-order valence-electron chi connectivity index (χ0n) is 9.75. The molecule has 1 aliphatic heterocycles. The molecule has 0 bridgehead atoms. The maximum Gasteiger partial charge on any atom is 0.307 e. The van der Waals surface area contributed by atoms with Crippen molar-refractivity contribution in [3.8, 4) is 0 Å². The van der Waals surface area contributed by atoms with Gasteiger partial charge < -0.3 is 4.74 Å². The highest BCUT2D eigenvalue weighted by Crippen LogP contribution is 2.15. The third-order valence-electron chi connectivity index (χ3n) is 2.41. The molecule has 0 radical (unpaired) electrons. The standard InChI is InChI=1S/C13H11NO4/c1-9(15)18-11-7-12(16)14(8-11)13(17)10-5-3-2-4-6-10/h2-7H,8H2,1H3. The second-order valence-electron chi connectivity index (χ2n) is 3.80. The van der Waals surface area contributed by atoms with Crippen molar-refractivity contribution >= 4 is 17.8 Å². The number of nitrogens with zero attached hydrogens (tertiary/aromatic N) is 1. The SMILES string of the molecule is CC(=O)OC1=CC(=O)N(C(=O)c2ccccc2)C1. The van der Waals surface area contributed by atoms with E-state index in [1.54, 1.807) is 30.3 Å². The van der Waals surface area contributed by atoms with Crippen molar-refractivity contribution in [2.75, 3.05) is 6.54 Å². The third-order valence-corrected chi connectivity index (χ3v) is 2.41. The van der Waals surface area contributed by atoms with E-state index in [1.807, 2.05) is 0 Å². The highest BCUT2D eigenvalue weighted by atomic mass is 16.5. The van der Waals surface area contributed by atoms with Crippen molar-refractivity contribution in [1.82, 2.24) is 4.90 Å². The Morgan fingerprint density at radius 3 is 2.50 bits per heavy atom. The molecule has 5 heteroatoms. The van der Waals surface area contributed by atoms with E-state index >= 15 is 0 Å². The summed E-state index contributed by atoms with van der Waals surface area (Å²) in [6.07, 6.45) is 1.15. The summed E-state index contributed by atoms with van der Waals surface area (Å²) >= 11 is 0. The van der Waals surface area contributed by atoms with Gasteiger partial charge in [-0.1, -0.05) is 18.2 Å². The van der Waals surface area contributed by atoms with Crippen molar-refractivity contribution in [3.63, 3.8) is 0 Å². The molecule has 0 unspecified atom stereocenters. The monoisotopic (exact) mass is 245 g/mol. The van der Waals surface area contributed by atoms with E-state index in [4.69, 9.17) is 4.74 Å². The molecular formula is C13H11NO4. The molecule has 18 heavy (non-hydrogen) atoms. The molecule has 2 amide bonds. The van der Waals surface area contributed by atoms with Crippen LogP contribution in [0.15, 0.2) is 42.2 Å². The first kappa shape index (κ1) is 12.0. The first-order chi connectivity index (χ1) is 8.58. The van der Waals surface area contributed by atoms with Crippen LogP contribution in [0, 0.1) is 0 Å². The molecule has 2 rings (SSSR count). The minimum Gasteiger partial charge on any atom is -0.429 e. The first-order valence-electron chi connectivity index (χ1n) is 5.38. The fraction of sp³-hybridized carbons (Fsp3) is 0.154. The lowest BCUT2D eigenvalue weighted by molar-refractivity contribution is -0.137. The van der Waals surface area contributed by atoms with Gasteiger partial charge in [-0.2, -0.15) is 0 Å². The molecule has 0 saturated carbocycles. The predicted octanol–water partition coefficient (Wildman–Crippen LogP) is 1.12. The fourth-order valence-corrected chi connectivity index (χ4v) is 1.65. The maximum atomic E-state index is 12.0. The number of esters is 1. The van der Waals surface area contributed by atoms with Crippen LogP contribution in [-0.2, 0) is 14.3 Å². The molecule has 5 nitrogen and oxygen atoms in total. The molecule has 92 valence electrons. The average Bonchev–Trinajstić information content (AvgIpc) is 2.69. The van der Waals surface area contributed by atoms with Gasteiger partial charge in [0.25, 0.3) is 11.8 Å². The largest absolute Gasteiger partial charge is 0.429 e. The minimum absolute atomic E-state index is 0.00780. The summed E-state index contributed by atoms with van der Waals surface area (Å²) in [5.74, 6) is -1.20. The van der Waals surface area contributed by atoms with Crippen molar-refractivity contribution in [1.29, 1.82) is 0 Å². The number of rotatable bonds is 2. The molecule has 1 aromatic carbocycles. The van der Waals surface area contributed by atoms with Crippen LogP contribution in [0.25, 0.3) is 0 Å². The number of amides is 2. The zero-order chi connectivity index (χ0) is 13.1. The number of ether oxygens (including phenoxy) is 1. The number of benzene rings is 1. The summed E-state index contributed by atoms with van der Waals surface area (Å²) in [7, 11) is 0. The lowest BCUT2D eigenvalue weighted by atomic mass is 10.2. The molecule has 0 atom stereocenters. The van der Waals surface area contributed by atoms with E-state index in [9.17, 15) is 14.4 Å². The van der Waals surface area contributed by atoms with Gasteiger partial charge in [0.05, 0.1) is 6.54 Å². The van der Waals surface area contributed by atoms with E-state index in [0.29, 0.717) is 5.56 Å². The lowest BCUT2D eigenvalue weighted by Crippen LogP contribution is -2.33. The summed E-state index contributed by atoms with van der Waals surface area (Å²) in [5, 5.41) is 0. The maximum absolute atomic E-state index is 12.0. The van der Waals surface area contributed by atoms with E-state index in [2.05, 4.69) is 0 Å². The van der Waals surface area contributed by atoms with Crippen molar-refractivity contribution in [3.05, 3.63) is 47.7 Å². The van der Waals surface area contributed by atoms with E-state index in [1.165, 1.54) is 6.92 Å². The van der Waals surface area contributed by atoms with E-state index in [0.717, 1.165) is 11.0 Å². The molecule has 0 aliphatic carbocycles. The highest BCUT2D eigenvalue weighted by Gasteiger charge is 2.29. The molecule has 1 heterocycles. The number of hydrogen-bond donors (Lipinski definition) is 0. The Morgan fingerprint density at radius 1 is 1.22 bits per heavy atom. The van der Waals surface area contributed by atoms with Crippen molar-refractivity contribution < 1.29 is 19.1 Å². The Labute approximate surface area is 104 Å². The molecule has 1 aromatic rings. The fourth-order valence-electron chi connectivity index (χ4n) is 1.65. The third kappa shape index (κ3) is 2.45. The number of carbonyl (C=O) groups excluding carboxylic acids is 3. The van der Waals surface area contributed by atoms with Crippen LogP contribution in [0.5, 0.6) is 0 Å². The van der Waals surface area contributed by atoms with Crippen LogP contribution in [0.3, 0.4) is 0 Å². The van der Waals surface area contributed by atoms with Crippen LogP contribution in [0.4, 0.5) is 0 Å². The zero-order valence-corrected chi connectivity index (χ0v) is 9.75. The molecule has 0 aromatic heterocycles. The average molecular weight is 245 g/mol. The molecule has 0 N–H and O–H groups in total. The van der Waals surface area contributed by atoms with Crippen LogP contribution < -0.4 is 0 Å². The smallest absolute Gasteiger partial charge is 0.307 e. The summed E-state index contributed by atoms with van der Waals surface area (Å²) in [5.41, 5.74) is 0.420. The molecule has 1 aliphatic rings. The van der Waals surface area contributed by atoms with Gasteiger partial charge in [0.1, 0.15) is 5.76 Å². The normalized spacial score (nSPS) is 14.4. The Hall–Kier alpha value is -2.43. The van der Waals surface area contributed by atoms with E-state index < -0.39 is 17.8 Å². The van der Waals surface area contributed by atoms with Crippen molar-refractivity contribution in [2.24, 2.45) is 0 Å². The molecule has 0 spiro atoms.